The Morgan fingerprint density at radius 2 is 1.94 bits per heavy atom. The Hall–Kier alpha value is -1.88. The molecule has 0 bridgehead atoms. The van der Waals surface area contributed by atoms with Crippen LogP contribution in [0.4, 0.5) is 0 Å². The molecule has 0 saturated carbocycles. The molecule has 0 amide bonds. The summed E-state index contributed by atoms with van der Waals surface area (Å²) in [6, 6.07) is 4.27. The van der Waals surface area contributed by atoms with Crippen LogP contribution in [0, 0.1) is 0 Å². The van der Waals surface area contributed by atoms with Crippen molar-refractivity contribution in [2.24, 2.45) is 0 Å². The van der Waals surface area contributed by atoms with Crippen molar-refractivity contribution in [1.29, 1.82) is 0 Å². The average Bonchev–Trinajstić information content (AvgIpc) is 2.28. The molecule has 86 valence electrons. The Morgan fingerprint density at radius 1 is 1.25 bits per heavy atom. The predicted molar refractivity (Wildman–Crippen MR) is 56.2 cm³/mol. The van der Waals surface area contributed by atoms with Crippen LogP contribution in [0.5, 0.6) is 5.75 Å². The van der Waals surface area contributed by atoms with Gasteiger partial charge in [0.25, 0.3) is 0 Å². The summed E-state index contributed by atoms with van der Waals surface area (Å²) in [6.45, 7) is -0.146. The van der Waals surface area contributed by atoms with Crippen molar-refractivity contribution in [1.82, 2.24) is 0 Å². The van der Waals surface area contributed by atoms with Crippen LogP contribution in [0.1, 0.15) is 20.7 Å². The lowest BCUT2D eigenvalue weighted by Crippen LogP contribution is -2.13. The van der Waals surface area contributed by atoms with Gasteiger partial charge in [0.1, 0.15) is 12.4 Å². The number of hydrogen-bond donors (Lipinski definition) is 1. The molecule has 0 aliphatic rings. The molecule has 1 rings (SSSR count). The number of carbonyl (C=O) groups is 2. The Balaban J connectivity index is 3.17. The second-order valence-electron chi connectivity index (χ2n) is 3.07. The van der Waals surface area contributed by atoms with Gasteiger partial charge >= 0.3 is 5.97 Å². The first-order valence-electron chi connectivity index (χ1n) is 4.53. The van der Waals surface area contributed by atoms with Gasteiger partial charge in [-0.2, -0.15) is 0 Å². The van der Waals surface area contributed by atoms with E-state index in [1.165, 1.54) is 32.4 Å². The molecule has 5 nitrogen and oxygen atoms in total. The van der Waals surface area contributed by atoms with Crippen molar-refractivity contribution in [3.05, 3.63) is 29.3 Å². The lowest BCUT2D eigenvalue weighted by Gasteiger charge is -2.06. The number of hydrogen-bond acceptors (Lipinski definition) is 4. The van der Waals surface area contributed by atoms with Gasteiger partial charge in [-0.1, -0.05) is 0 Å². The van der Waals surface area contributed by atoms with Crippen molar-refractivity contribution in [3.63, 3.8) is 0 Å². The van der Waals surface area contributed by atoms with E-state index in [1.54, 1.807) is 0 Å². The smallest absolute Gasteiger partial charge is 0.336 e. The summed E-state index contributed by atoms with van der Waals surface area (Å²) in [5.74, 6) is -1.15. The maximum absolute atomic E-state index is 11.5. The molecular formula is C11H12O5. The molecule has 0 fully saturated rings. The summed E-state index contributed by atoms with van der Waals surface area (Å²) in [7, 11) is 2.81. The highest BCUT2D eigenvalue weighted by Gasteiger charge is 2.17. The Bertz CT molecular complexity index is 411. The molecule has 1 N–H and O–H groups in total. The Kier molecular flexibility index (Phi) is 4.02. The van der Waals surface area contributed by atoms with E-state index < -0.39 is 5.97 Å². The van der Waals surface area contributed by atoms with Crippen LogP contribution in [0.25, 0.3) is 0 Å². The molecule has 0 spiro atoms. The highest BCUT2D eigenvalue weighted by atomic mass is 16.5. The van der Waals surface area contributed by atoms with Crippen molar-refractivity contribution < 1.29 is 24.2 Å². The van der Waals surface area contributed by atoms with Crippen molar-refractivity contribution in [2.45, 2.75) is 0 Å². The molecule has 1 aromatic rings. The quantitative estimate of drug-likeness (QED) is 0.761. The number of methoxy groups -OCH3 is 2. The molecule has 0 heterocycles. The van der Waals surface area contributed by atoms with Gasteiger partial charge < -0.3 is 14.6 Å². The zero-order chi connectivity index (χ0) is 12.1. The number of aromatic carboxylic acids is 1. The second-order valence-corrected chi connectivity index (χ2v) is 3.07. The average molecular weight is 224 g/mol. The molecule has 0 radical (unpaired) electrons. The minimum absolute atomic E-state index is 0.0820. The van der Waals surface area contributed by atoms with Crippen LogP contribution < -0.4 is 4.74 Å². The van der Waals surface area contributed by atoms with E-state index in [2.05, 4.69) is 4.74 Å². The van der Waals surface area contributed by atoms with Crippen LogP contribution in [0.2, 0.25) is 0 Å². The Morgan fingerprint density at radius 3 is 2.44 bits per heavy atom. The lowest BCUT2D eigenvalue weighted by atomic mass is 10.0. The molecule has 16 heavy (non-hydrogen) atoms. The first-order valence-corrected chi connectivity index (χ1v) is 4.53. The van der Waals surface area contributed by atoms with Crippen LogP contribution in [0.15, 0.2) is 18.2 Å². The number of ketones is 1. The Labute approximate surface area is 92.6 Å². The maximum atomic E-state index is 11.5. The molecule has 0 aromatic heterocycles. The summed E-state index contributed by atoms with van der Waals surface area (Å²) in [4.78, 5) is 22.5. The minimum atomic E-state index is -1.17. The molecule has 1 aromatic carbocycles. The van der Waals surface area contributed by atoms with Crippen LogP contribution in [0.3, 0.4) is 0 Å². The number of carbonyl (C=O) groups excluding carboxylic acids is 1. The van der Waals surface area contributed by atoms with E-state index in [9.17, 15) is 9.59 Å². The van der Waals surface area contributed by atoms with E-state index in [1.807, 2.05) is 0 Å². The van der Waals surface area contributed by atoms with E-state index in [-0.39, 0.29) is 23.5 Å². The first-order chi connectivity index (χ1) is 7.60. The van der Waals surface area contributed by atoms with E-state index in [0.29, 0.717) is 5.75 Å². The molecule has 0 unspecified atom stereocenters. The highest BCUT2D eigenvalue weighted by Crippen LogP contribution is 2.18. The molecule has 5 heteroatoms. The third kappa shape index (κ3) is 2.58. The fourth-order valence-corrected chi connectivity index (χ4v) is 1.28. The normalized spacial score (nSPS) is 9.88. The van der Waals surface area contributed by atoms with Gasteiger partial charge in [0.05, 0.1) is 12.7 Å². The number of carboxylic acids is 1. The maximum Gasteiger partial charge on any atom is 0.336 e. The van der Waals surface area contributed by atoms with Crippen LogP contribution in [-0.4, -0.2) is 37.7 Å². The summed E-state index contributed by atoms with van der Waals surface area (Å²) >= 11 is 0. The summed E-state index contributed by atoms with van der Waals surface area (Å²) in [5, 5.41) is 8.95. The monoisotopic (exact) mass is 224 g/mol. The zero-order valence-corrected chi connectivity index (χ0v) is 9.02. The molecule has 0 aliphatic carbocycles. The van der Waals surface area contributed by atoms with Crippen LogP contribution in [-0.2, 0) is 4.74 Å². The van der Waals surface area contributed by atoms with Crippen molar-refractivity contribution >= 4 is 11.8 Å². The second kappa shape index (κ2) is 5.27. The number of carboxylic acid groups (broad SMARTS) is 1. The predicted octanol–water partition coefficient (Wildman–Crippen LogP) is 1.22. The SMILES string of the molecule is COCC(=O)c1ccc(OC)cc1C(=O)O. The lowest BCUT2D eigenvalue weighted by molar-refractivity contribution is 0.0687. The van der Waals surface area contributed by atoms with Gasteiger partial charge in [-0.15, -0.1) is 0 Å². The standard InChI is InChI=1S/C11H12O5/c1-15-6-10(12)8-4-3-7(16-2)5-9(8)11(13)14/h3-5H,6H2,1-2H3,(H,13,14). The number of ether oxygens (including phenoxy) is 2. The molecular weight excluding hydrogens is 212 g/mol. The van der Waals surface area contributed by atoms with Gasteiger partial charge in [0.2, 0.25) is 0 Å². The minimum Gasteiger partial charge on any atom is -0.497 e. The third-order valence-corrected chi connectivity index (χ3v) is 2.03. The van der Waals surface area contributed by atoms with Gasteiger partial charge in [0.15, 0.2) is 5.78 Å². The van der Waals surface area contributed by atoms with E-state index in [0.717, 1.165) is 0 Å². The number of Topliss-reactive ketones (excluding diaryl/α,β-unsaturated/α-hetero) is 1. The molecule has 0 saturated heterocycles. The van der Waals surface area contributed by atoms with Gasteiger partial charge in [-0.05, 0) is 18.2 Å². The van der Waals surface area contributed by atoms with E-state index >= 15 is 0 Å². The third-order valence-electron chi connectivity index (χ3n) is 2.03. The van der Waals surface area contributed by atoms with Crippen molar-refractivity contribution in [2.75, 3.05) is 20.8 Å². The fraction of sp³-hybridized carbons (Fsp3) is 0.273. The largest absolute Gasteiger partial charge is 0.497 e. The summed E-state index contributed by atoms with van der Waals surface area (Å²) in [6.07, 6.45) is 0. The fourth-order valence-electron chi connectivity index (χ4n) is 1.28. The number of benzene rings is 1. The number of rotatable bonds is 5. The van der Waals surface area contributed by atoms with Gasteiger partial charge in [-0.25, -0.2) is 4.79 Å². The zero-order valence-electron chi connectivity index (χ0n) is 9.02. The van der Waals surface area contributed by atoms with Gasteiger partial charge in [-0.3, -0.25) is 4.79 Å². The van der Waals surface area contributed by atoms with Gasteiger partial charge in [0, 0.05) is 12.7 Å². The van der Waals surface area contributed by atoms with E-state index in [4.69, 9.17) is 9.84 Å². The summed E-state index contributed by atoms with van der Waals surface area (Å²) in [5.41, 5.74) is 0.0385. The first kappa shape index (κ1) is 12.2. The summed E-state index contributed by atoms with van der Waals surface area (Å²) < 4.78 is 9.57. The van der Waals surface area contributed by atoms with Crippen molar-refractivity contribution in [3.8, 4) is 5.75 Å². The highest BCUT2D eigenvalue weighted by molar-refractivity contribution is 6.06. The van der Waals surface area contributed by atoms with Crippen LogP contribution >= 0.6 is 0 Å². The topological polar surface area (TPSA) is 72.8 Å². The molecule has 0 atom stereocenters. The molecule has 0 aliphatic heterocycles.